The molecule has 0 fully saturated rings. The topological polar surface area (TPSA) is 49.3 Å². The Labute approximate surface area is 125 Å². The number of rotatable bonds is 5. The van der Waals surface area contributed by atoms with Crippen LogP contribution in [0, 0.1) is 0 Å². The van der Waals surface area contributed by atoms with E-state index in [0.717, 1.165) is 11.1 Å². The van der Waals surface area contributed by atoms with Crippen LogP contribution >= 0.6 is 0 Å². The molecule has 2 rings (SSSR count). The first-order chi connectivity index (χ1) is 9.96. The summed E-state index contributed by atoms with van der Waals surface area (Å²) in [5, 5.41) is 12.8. The largest absolute Gasteiger partial charge is 0.390 e. The van der Waals surface area contributed by atoms with Crippen LogP contribution in [0.1, 0.15) is 37.4 Å². The molecule has 0 aliphatic rings. The molecule has 0 aliphatic heterocycles. The van der Waals surface area contributed by atoms with Crippen LogP contribution in [0.4, 0.5) is 0 Å². The van der Waals surface area contributed by atoms with Crippen LogP contribution < -0.4 is 5.32 Å². The van der Waals surface area contributed by atoms with Crippen LogP contribution in [-0.4, -0.2) is 16.6 Å². The highest BCUT2D eigenvalue weighted by molar-refractivity contribution is 5.78. The average Bonchev–Trinajstić information content (AvgIpc) is 2.45. The molecule has 0 unspecified atom stereocenters. The van der Waals surface area contributed by atoms with E-state index in [1.54, 1.807) is 13.8 Å². The lowest BCUT2D eigenvalue weighted by molar-refractivity contribution is -0.125. The molecule has 0 atom stereocenters. The summed E-state index contributed by atoms with van der Waals surface area (Å²) in [6.45, 7) is 3.26. The predicted octanol–water partition coefficient (Wildman–Crippen LogP) is 3.05. The standard InChI is InChI=1S/C18H21NO2/c1-18(2,21)13-16(20)19-17(14-9-5-3-6-10-14)15-11-7-4-8-12-15/h3-12,17,21H,13H2,1-2H3,(H,19,20). The molecule has 0 saturated carbocycles. The van der Waals surface area contributed by atoms with Crippen LogP contribution in [0.5, 0.6) is 0 Å². The fourth-order valence-corrected chi connectivity index (χ4v) is 2.26. The van der Waals surface area contributed by atoms with Gasteiger partial charge in [-0.3, -0.25) is 4.79 Å². The van der Waals surface area contributed by atoms with Gasteiger partial charge in [0.25, 0.3) is 0 Å². The van der Waals surface area contributed by atoms with Gasteiger partial charge in [-0.15, -0.1) is 0 Å². The van der Waals surface area contributed by atoms with E-state index in [0.29, 0.717) is 0 Å². The Morgan fingerprint density at radius 2 is 1.43 bits per heavy atom. The molecule has 2 aromatic rings. The maximum absolute atomic E-state index is 12.1. The van der Waals surface area contributed by atoms with Crippen molar-refractivity contribution in [2.75, 3.05) is 0 Å². The minimum Gasteiger partial charge on any atom is -0.390 e. The first-order valence-electron chi connectivity index (χ1n) is 7.07. The van der Waals surface area contributed by atoms with E-state index in [4.69, 9.17) is 0 Å². The number of carbonyl (C=O) groups excluding carboxylic acids is 1. The van der Waals surface area contributed by atoms with Crippen molar-refractivity contribution in [1.82, 2.24) is 5.32 Å². The molecule has 0 bridgehead atoms. The number of hydrogen-bond donors (Lipinski definition) is 2. The molecule has 3 heteroatoms. The quantitative estimate of drug-likeness (QED) is 0.886. The smallest absolute Gasteiger partial charge is 0.223 e. The minimum atomic E-state index is -1.01. The first kappa shape index (κ1) is 15.3. The molecule has 0 saturated heterocycles. The SMILES string of the molecule is CC(C)(O)CC(=O)NC(c1ccccc1)c1ccccc1. The highest BCUT2D eigenvalue weighted by Gasteiger charge is 2.22. The molecular weight excluding hydrogens is 262 g/mol. The summed E-state index contributed by atoms with van der Waals surface area (Å²) >= 11 is 0. The lowest BCUT2D eigenvalue weighted by Gasteiger charge is -2.22. The molecule has 110 valence electrons. The van der Waals surface area contributed by atoms with Crippen molar-refractivity contribution in [2.45, 2.75) is 31.9 Å². The summed E-state index contributed by atoms with van der Waals surface area (Å²) in [5.74, 6) is -0.166. The van der Waals surface area contributed by atoms with Crippen molar-refractivity contribution >= 4 is 5.91 Å². The van der Waals surface area contributed by atoms with E-state index in [-0.39, 0.29) is 18.4 Å². The summed E-state index contributed by atoms with van der Waals surface area (Å²) < 4.78 is 0. The van der Waals surface area contributed by atoms with Crippen LogP contribution in [0.25, 0.3) is 0 Å². The maximum Gasteiger partial charge on any atom is 0.223 e. The monoisotopic (exact) mass is 283 g/mol. The highest BCUT2D eigenvalue weighted by atomic mass is 16.3. The molecule has 2 N–H and O–H groups in total. The van der Waals surface area contributed by atoms with Crippen molar-refractivity contribution < 1.29 is 9.90 Å². The Kier molecular flexibility index (Phi) is 4.76. The van der Waals surface area contributed by atoms with E-state index in [1.807, 2.05) is 60.7 Å². The maximum atomic E-state index is 12.1. The van der Waals surface area contributed by atoms with Crippen LogP contribution in [0.15, 0.2) is 60.7 Å². The summed E-state index contributed by atoms with van der Waals surface area (Å²) in [5.41, 5.74) is 1.03. The van der Waals surface area contributed by atoms with Gasteiger partial charge in [-0.05, 0) is 25.0 Å². The van der Waals surface area contributed by atoms with Gasteiger partial charge in [0.2, 0.25) is 5.91 Å². The van der Waals surface area contributed by atoms with Gasteiger partial charge in [0, 0.05) is 0 Å². The zero-order valence-electron chi connectivity index (χ0n) is 12.4. The molecular formula is C18H21NO2. The van der Waals surface area contributed by atoms with Gasteiger partial charge in [0.1, 0.15) is 0 Å². The molecule has 2 aromatic carbocycles. The summed E-state index contributed by atoms with van der Waals surface area (Å²) in [6.07, 6.45) is 0.0726. The van der Waals surface area contributed by atoms with E-state index >= 15 is 0 Å². The first-order valence-corrected chi connectivity index (χ1v) is 7.07. The van der Waals surface area contributed by atoms with Gasteiger partial charge in [-0.1, -0.05) is 60.7 Å². The Morgan fingerprint density at radius 3 is 1.81 bits per heavy atom. The lowest BCUT2D eigenvalue weighted by atomic mass is 9.97. The predicted molar refractivity (Wildman–Crippen MR) is 83.8 cm³/mol. The van der Waals surface area contributed by atoms with Gasteiger partial charge in [-0.25, -0.2) is 0 Å². The van der Waals surface area contributed by atoms with Crippen molar-refractivity contribution in [1.29, 1.82) is 0 Å². The molecule has 0 heterocycles. The third-order valence-electron chi connectivity index (χ3n) is 3.16. The van der Waals surface area contributed by atoms with Gasteiger partial charge in [-0.2, -0.15) is 0 Å². The van der Waals surface area contributed by atoms with Gasteiger partial charge < -0.3 is 10.4 Å². The fourth-order valence-electron chi connectivity index (χ4n) is 2.26. The van der Waals surface area contributed by atoms with Crippen LogP contribution in [-0.2, 0) is 4.79 Å². The number of nitrogens with one attached hydrogen (secondary N) is 1. The molecule has 0 aliphatic carbocycles. The molecule has 0 aromatic heterocycles. The number of aliphatic hydroxyl groups is 1. The van der Waals surface area contributed by atoms with E-state index in [1.165, 1.54) is 0 Å². The highest BCUT2D eigenvalue weighted by Crippen LogP contribution is 2.22. The zero-order valence-corrected chi connectivity index (χ0v) is 12.4. The number of carbonyl (C=O) groups is 1. The Morgan fingerprint density at radius 1 is 1.00 bits per heavy atom. The fraction of sp³-hybridized carbons (Fsp3) is 0.278. The molecule has 21 heavy (non-hydrogen) atoms. The normalized spacial score (nSPS) is 11.4. The summed E-state index contributed by atoms with van der Waals surface area (Å²) in [4.78, 5) is 12.1. The van der Waals surface area contributed by atoms with E-state index < -0.39 is 5.60 Å². The average molecular weight is 283 g/mol. The second-order valence-corrected chi connectivity index (χ2v) is 5.81. The Hall–Kier alpha value is -2.13. The second kappa shape index (κ2) is 6.55. The molecule has 1 amide bonds. The molecule has 0 radical (unpaired) electrons. The Bertz CT molecular complexity index is 534. The van der Waals surface area contributed by atoms with Crippen molar-refractivity contribution in [2.24, 2.45) is 0 Å². The third-order valence-corrected chi connectivity index (χ3v) is 3.16. The zero-order chi connectivity index (χ0) is 15.3. The minimum absolute atomic E-state index is 0.0726. The molecule has 0 spiro atoms. The van der Waals surface area contributed by atoms with E-state index in [2.05, 4.69) is 5.32 Å². The van der Waals surface area contributed by atoms with Gasteiger partial charge >= 0.3 is 0 Å². The number of amides is 1. The molecule has 3 nitrogen and oxygen atoms in total. The number of benzene rings is 2. The Balaban J connectivity index is 2.24. The lowest BCUT2D eigenvalue weighted by Crippen LogP contribution is -2.35. The van der Waals surface area contributed by atoms with Crippen molar-refractivity contribution in [3.8, 4) is 0 Å². The third kappa shape index (κ3) is 4.72. The second-order valence-electron chi connectivity index (χ2n) is 5.81. The van der Waals surface area contributed by atoms with E-state index in [9.17, 15) is 9.90 Å². The van der Waals surface area contributed by atoms with Crippen molar-refractivity contribution in [3.63, 3.8) is 0 Å². The summed E-state index contributed by atoms with van der Waals surface area (Å²) in [7, 11) is 0. The van der Waals surface area contributed by atoms with Crippen LogP contribution in [0.3, 0.4) is 0 Å². The summed E-state index contributed by atoms with van der Waals surface area (Å²) in [6, 6.07) is 19.5. The van der Waals surface area contributed by atoms with Crippen LogP contribution in [0.2, 0.25) is 0 Å². The van der Waals surface area contributed by atoms with Crippen molar-refractivity contribution in [3.05, 3.63) is 71.8 Å². The number of hydrogen-bond acceptors (Lipinski definition) is 2. The van der Waals surface area contributed by atoms with Gasteiger partial charge in [0.05, 0.1) is 18.1 Å². The van der Waals surface area contributed by atoms with Gasteiger partial charge in [0.15, 0.2) is 0 Å².